The molecule has 27 heavy (non-hydrogen) atoms. The van der Waals surface area contributed by atoms with E-state index in [1.807, 2.05) is 0 Å². The van der Waals surface area contributed by atoms with E-state index in [2.05, 4.69) is 5.32 Å². The minimum absolute atomic E-state index is 0.287. The summed E-state index contributed by atoms with van der Waals surface area (Å²) >= 11 is 0. The predicted molar refractivity (Wildman–Crippen MR) is 96.0 cm³/mol. The number of carbonyl (C=O) groups is 4. The van der Waals surface area contributed by atoms with E-state index >= 15 is 0 Å². The molecule has 1 unspecified atom stereocenters. The molecule has 1 aliphatic heterocycles. The molecule has 9 heteroatoms. The van der Waals surface area contributed by atoms with Crippen molar-refractivity contribution in [3.8, 4) is 0 Å². The van der Waals surface area contributed by atoms with Gasteiger partial charge < -0.3 is 24.8 Å². The van der Waals surface area contributed by atoms with Crippen molar-refractivity contribution in [1.82, 2.24) is 10.2 Å². The fraction of sp³-hybridized carbons (Fsp3) is 0.778. The van der Waals surface area contributed by atoms with Gasteiger partial charge in [-0.1, -0.05) is 0 Å². The number of hydrogen-bond donors (Lipinski definition) is 2. The third kappa shape index (κ3) is 7.84. The number of aliphatic carboxylic acids is 1. The van der Waals surface area contributed by atoms with Crippen molar-refractivity contribution in [1.29, 1.82) is 0 Å². The number of esters is 1. The van der Waals surface area contributed by atoms with Gasteiger partial charge in [-0.3, -0.25) is 9.59 Å². The quantitative estimate of drug-likeness (QED) is 0.689. The van der Waals surface area contributed by atoms with Gasteiger partial charge in [0.1, 0.15) is 23.3 Å². The van der Waals surface area contributed by atoms with Crippen LogP contribution in [0.1, 0.15) is 60.8 Å². The number of amides is 2. The molecule has 0 radical (unpaired) electrons. The lowest BCUT2D eigenvalue weighted by Crippen LogP contribution is -2.53. The van der Waals surface area contributed by atoms with Gasteiger partial charge in [-0.2, -0.15) is 0 Å². The van der Waals surface area contributed by atoms with Gasteiger partial charge >= 0.3 is 18.0 Å². The summed E-state index contributed by atoms with van der Waals surface area (Å²) in [6, 6.07) is -2.13. The van der Waals surface area contributed by atoms with Crippen LogP contribution < -0.4 is 5.32 Å². The molecule has 1 rings (SSSR count). The van der Waals surface area contributed by atoms with Crippen molar-refractivity contribution in [2.45, 2.75) is 84.1 Å². The van der Waals surface area contributed by atoms with Crippen LogP contribution in [0.15, 0.2) is 0 Å². The average molecular weight is 386 g/mol. The summed E-state index contributed by atoms with van der Waals surface area (Å²) in [6.07, 6.45) is -0.500. The van der Waals surface area contributed by atoms with E-state index in [1.165, 1.54) is 4.90 Å². The zero-order chi connectivity index (χ0) is 21.0. The molecule has 0 aliphatic carbocycles. The normalized spacial score (nSPS) is 18.6. The number of rotatable bonds is 5. The van der Waals surface area contributed by atoms with Crippen molar-refractivity contribution in [2.24, 2.45) is 0 Å². The molecule has 2 amide bonds. The molecule has 0 bridgehead atoms. The molecule has 2 N–H and O–H groups in total. The summed E-state index contributed by atoms with van der Waals surface area (Å²) in [7, 11) is 0. The van der Waals surface area contributed by atoms with Crippen molar-refractivity contribution in [3.63, 3.8) is 0 Å². The van der Waals surface area contributed by atoms with Crippen LogP contribution in [-0.2, 0) is 23.9 Å². The van der Waals surface area contributed by atoms with Gasteiger partial charge in [0.15, 0.2) is 0 Å². The number of ether oxygens (including phenoxy) is 2. The van der Waals surface area contributed by atoms with Crippen LogP contribution in [0.3, 0.4) is 0 Å². The minimum Gasteiger partial charge on any atom is -0.481 e. The third-order valence-electron chi connectivity index (χ3n) is 3.58. The predicted octanol–water partition coefficient (Wildman–Crippen LogP) is 1.69. The number of alkyl carbamates (subject to hydrolysis) is 1. The summed E-state index contributed by atoms with van der Waals surface area (Å²) in [4.78, 5) is 49.6. The summed E-state index contributed by atoms with van der Waals surface area (Å²) < 4.78 is 10.4. The molecule has 154 valence electrons. The molecular formula is C18H30N2O7. The smallest absolute Gasteiger partial charge is 0.408 e. The molecule has 0 saturated carbocycles. The summed E-state index contributed by atoms with van der Waals surface area (Å²) in [5.74, 6) is -2.44. The van der Waals surface area contributed by atoms with Crippen LogP contribution in [-0.4, -0.2) is 63.8 Å². The first kappa shape index (κ1) is 22.7. The first-order valence-corrected chi connectivity index (χ1v) is 8.94. The molecule has 1 heterocycles. The number of carboxylic acids is 1. The number of likely N-dealkylation sites (tertiary alicyclic amines) is 1. The highest BCUT2D eigenvalue weighted by molar-refractivity contribution is 5.92. The highest BCUT2D eigenvalue weighted by atomic mass is 16.6. The van der Waals surface area contributed by atoms with Crippen molar-refractivity contribution in [3.05, 3.63) is 0 Å². The lowest BCUT2D eigenvalue weighted by molar-refractivity contribution is -0.163. The maximum absolute atomic E-state index is 12.8. The van der Waals surface area contributed by atoms with Gasteiger partial charge in [0.25, 0.3) is 0 Å². The SMILES string of the molecule is CC(C)(C)OC(=O)NC(CC(=O)O)C(=O)N1CCC[C@H]1C(=O)OC(C)(C)C. The van der Waals surface area contributed by atoms with Gasteiger partial charge in [0, 0.05) is 6.54 Å². The molecular weight excluding hydrogens is 356 g/mol. The van der Waals surface area contributed by atoms with E-state index < -0.39 is 53.6 Å². The molecule has 1 aliphatic rings. The maximum atomic E-state index is 12.8. The first-order valence-electron chi connectivity index (χ1n) is 8.94. The van der Waals surface area contributed by atoms with Crippen LogP contribution >= 0.6 is 0 Å². The molecule has 0 aromatic heterocycles. The van der Waals surface area contributed by atoms with E-state index in [0.717, 1.165) is 0 Å². The molecule has 0 aromatic carbocycles. The van der Waals surface area contributed by atoms with Crippen LogP contribution in [0.25, 0.3) is 0 Å². The Hall–Kier alpha value is -2.32. The summed E-state index contributed by atoms with van der Waals surface area (Å²) in [6.45, 7) is 10.4. The Labute approximate surface area is 159 Å². The van der Waals surface area contributed by atoms with Crippen LogP contribution in [0.5, 0.6) is 0 Å². The van der Waals surface area contributed by atoms with Crippen molar-refractivity contribution < 1.29 is 33.8 Å². The first-order chi connectivity index (χ1) is 12.2. The Morgan fingerprint density at radius 1 is 1.07 bits per heavy atom. The van der Waals surface area contributed by atoms with E-state index in [1.54, 1.807) is 41.5 Å². The van der Waals surface area contributed by atoms with Crippen LogP contribution in [0.4, 0.5) is 4.79 Å². The number of carboxylic acid groups (broad SMARTS) is 1. The fourth-order valence-corrected chi connectivity index (χ4v) is 2.67. The third-order valence-corrected chi connectivity index (χ3v) is 3.58. The Bertz CT molecular complexity index is 589. The summed E-state index contributed by atoms with van der Waals surface area (Å²) in [5.41, 5.74) is -1.50. The van der Waals surface area contributed by atoms with Gasteiger partial charge in [-0.15, -0.1) is 0 Å². The average Bonchev–Trinajstić information content (AvgIpc) is 2.90. The van der Waals surface area contributed by atoms with E-state index in [4.69, 9.17) is 14.6 Å². The zero-order valence-corrected chi connectivity index (χ0v) is 16.8. The highest BCUT2D eigenvalue weighted by Crippen LogP contribution is 2.22. The molecule has 9 nitrogen and oxygen atoms in total. The van der Waals surface area contributed by atoms with E-state index in [0.29, 0.717) is 12.8 Å². The van der Waals surface area contributed by atoms with Crippen molar-refractivity contribution in [2.75, 3.05) is 6.54 Å². The number of nitrogens with one attached hydrogen (secondary N) is 1. The molecule has 0 spiro atoms. The molecule has 2 atom stereocenters. The maximum Gasteiger partial charge on any atom is 0.408 e. The fourth-order valence-electron chi connectivity index (χ4n) is 2.67. The number of carbonyl (C=O) groups excluding carboxylic acids is 3. The summed E-state index contributed by atoms with van der Waals surface area (Å²) in [5, 5.41) is 11.4. The van der Waals surface area contributed by atoms with Crippen LogP contribution in [0.2, 0.25) is 0 Å². The Balaban J connectivity index is 2.91. The van der Waals surface area contributed by atoms with Gasteiger partial charge in [-0.25, -0.2) is 9.59 Å². The van der Waals surface area contributed by atoms with Crippen LogP contribution in [0, 0.1) is 0 Å². The second-order valence-electron chi connectivity index (χ2n) is 8.52. The zero-order valence-electron chi connectivity index (χ0n) is 16.8. The van der Waals surface area contributed by atoms with E-state index in [-0.39, 0.29) is 6.54 Å². The molecule has 1 saturated heterocycles. The van der Waals surface area contributed by atoms with E-state index in [9.17, 15) is 19.2 Å². The second-order valence-corrected chi connectivity index (χ2v) is 8.52. The molecule has 0 aromatic rings. The van der Waals surface area contributed by atoms with Crippen molar-refractivity contribution >= 4 is 23.9 Å². The minimum atomic E-state index is -1.33. The Morgan fingerprint density at radius 3 is 2.11 bits per heavy atom. The monoisotopic (exact) mass is 386 g/mol. The second kappa shape index (κ2) is 8.58. The van der Waals surface area contributed by atoms with Gasteiger partial charge in [0.2, 0.25) is 5.91 Å². The number of nitrogens with zero attached hydrogens (tertiary/aromatic N) is 1. The van der Waals surface area contributed by atoms with Gasteiger partial charge in [0.05, 0.1) is 6.42 Å². The largest absolute Gasteiger partial charge is 0.481 e. The number of hydrogen-bond acceptors (Lipinski definition) is 6. The van der Waals surface area contributed by atoms with Gasteiger partial charge in [-0.05, 0) is 54.4 Å². The lowest BCUT2D eigenvalue weighted by Gasteiger charge is -2.30. The lowest BCUT2D eigenvalue weighted by atomic mass is 10.1. The Kier molecular flexibility index (Phi) is 7.22. The highest BCUT2D eigenvalue weighted by Gasteiger charge is 2.40. The molecule has 1 fully saturated rings. The Morgan fingerprint density at radius 2 is 1.63 bits per heavy atom. The topological polar surface area (TPSA) is 122 Å². The standard InChI is InChI=1S/C18H30N2O7/c1-17(2,3)26-15(24)12-8-7-9-20(12)14(23)11(10-13(21)22)19-16(25)27-18(4,5)6/h11-12H,7-10H2,1-6H3,(H,19,25)(H,21,22)/t11?,12-/m0/s1.